The number of hydrogen-bond acceptors (Lipinski definition) is 4. The fourth-order valence-electron chi connectivity index (χ4n) is 3.32. The molecule has 0 atom stereocenters. The Hall–Kier alpha value is -2.24. The molecule has 0 unspecified atom stereocenters. The highest BCUT2D eigenvalue weighted by molar-refractivity contribution is 5.90. The molecule has 1 aliphatic carbocycles. The summed E-state index contributed by atoms with van der Waals surface area (Å²) in [7, 11) is 3.27. The van der Waals surface area contributed by atoms with Gasteiger partial charge < -0.3 is 20.3 Å². The fraction of sp³-hybridized carbons (Fsp3) is 0.556. The van der Waals surface area contributed by atoms with Gasteiger partial charge in [0.2, 0.25) is 11.8 Å². The minimum atomic E-state index is -0.693. The predicted octanol–water partition coefficient (Wildman–Crippen LogP) is 1.62. The molecule has 6 heteroatoms. The van der Waals surface area contributed by atoms with Gasteiger partial charge in [0, 0.05) is 37.8 Å². The quantitative estimate of drug-likeness (QED) is 0.860. The second kappa shape index (κ2) is 6.71. The van der Waals surface area contributed by atoms with Crippen LogP contribution in [-0.4, -0.2) is 49.5 Å². The van der Waals surface area contributed by atoms with Crippen molar-refractivity contribution in [2.24, 2.45) is 5.92 Å². The van der Waals surface area contributed by atoms with E-state index in [2.05, 4.69) is 10.6 Å². The minimum Gasteiger partial charge on any atom is -0.497 e. The number of rotatable bonds is 5. The molecule has 130 valence electrons. The van der Waals surface area contributed by atoms with Crippen LogP contribution in [0.5, 0.6) is 5.75 Å². The Morgan fingerprint density at radius 1 is 1.25 bits per heavy atom. The number of piperidine rings is 1. The molecule has 2 N–H and O–H groups in total. The maximum Gasteiger partial charge on any atom is 0.245 e. The lowest BCUT2D eigenvalue weighted by Crippen LogP contribution is -2.58. The molecule has 0 spiro atoms. The molecule has 3 rings (SSSR count). The van der Waals surface area contributed by atoms with E-state index in [1.165, 1.54) is 0 Å². The first-order valence-corrected chi connectivity index (χ1v) is 8.51. The van der Waals surface area contributed by atoms with E-state index in [9.17, 15) is 9.59 Å². The number of carbonyl (C=O) groups is 2. The summed E-state index contributed by atoms with van der Waals surface area (Å²) < 4.78 is 5.25. The van der Waals surface area contributed by atoms with Crippen molar-refractivity contribution in [1.82, 2.24) is 10.2 Å². The highest BCUT2D eigenvalue weighted by Gasteiger charge is 2.43. The van der Waals surface area contributed by atoms with Gasteiger partial charge >= 0.3 is 0 Å². The molecule has 2 amide bonds. The van der Waals surface area contributed by atoms with Crippen molar-refractivity contribution in [3.8, 4) is 5.75 Å². The maximum atomic E-state index is 12.6. The topological polar surface area (TPSA) is 70.7 Å². The van der Waals surface area contributed by atoms with Crippen molar-refractivity contribution in [2.45, 2.75) is 31.2 Å². The van der Waals surface area contributed by atoms with E-state index in [0.717, 1.165) is 24.3 Å². The van der Waals surface area contributed by atoms with Gasteiger partial charge in [0.25, 0.3) is 0 Å². The van der Waals surface area contributed by atoms with E-state index in [0.29, 0.717) is 25.9 Å². The van der Waals surface area contributed by atoms with Crippen molar-refractivity contribution in [1.29, 1.82) is 0 Å². The van der Waals surface area contributed by atoms with E-state index in [-0.39, 0.29) is 17.7 Å². The fourth-order valence-corrected chi connectivity index (χ4v) is 3.32. The van der Waals surface area contributed by atoms with Crippen LogP contribution in [0.3, 0.4) is 0 Å². The molecule has 1 aliphatic heterocycles. The summed E-state index contributed by atoms with van der Waals surface area (Å²) in [5, 5.41) is 6.16. The second-order valence-corrected chi connectivity index (χ2v) is 6.62. The number of carbonyl (C=O) groups excluding carboxylic acids is 2. The molecule has 0 aromatic heterocycles. The van der Waals surface area contributed by atoms with Crippen LogP contribution in [0.15, 0.2) is 24.3 Å². The van der Waals surface area contributed by atoms with Gasteiger partial charge in [-0.15, -0.1) is 0 Å². The summed E-state index contributed by atoms with van der Waals surface area (Å²) in [5.74, 6) is 1.18. The van der Waals surface area contributed by atoms with Gasteiger partial charge in [-0.3, -0.25) is 9.59 Å². The molecule has 24 heavy (non-hydrogen) atoms. The van der Waals surface area contributed by atoms with Gasteiger partial charge in [0.05, 0.1) is 7.11 Å². The number of likely N-dealkylation sites (N-methyl/N-ethyl adjacent to an activating group) is 1. The Kier molecular flexibility index (Phi) is 4.64. The summed E-state index contributed by atoms with van der Waals surface area (Å²) in [6.07, 6.45) is 3.22. The largest absolute Gasteiger partial charge is 0.497 e. The molecule has 0 radical (unpaired) electrons. The molecule has 1 aromatic carbocycles. The van der Waals surface area contributed by atoms with E-state index in [1.54, 1.807) is 14.2 Å². The number of ether oxygens (including phenoxy) is 1. The minimum absolute atomic E-state index is 0.0381. The van der Waals surface area contributed by atoms with E-state index in [1.807, 2.05) is 29.2 Å². The van der Waals surface area contributed by atoms with E-state index < -0.39 is 5.54 Å². The lowest BCUT2D eigenvalue weighted by Gasteiger charge is -2.41. The highest BCUT2D eigenvalue weighted by Crippen LogP contribution is 2.34. The van der Waals surface area contributed by atoms with Crippen molar-refractivity contribution >= 4 is 17.5 Å². The number of amides is 2. The van der Waals surface area contributed by atoms with Crippen LogP contribution in [0.1, 0.15) is 25.7 Å². The molecular weight excluding hydrogens is 306 g/mol. The normalized spacial score (nSPS) is 19.5. The second-order valence-electron chi connectivity index (χ2n) is 6.62. The predicted molar refractivity (Wildman–Crippen MR) is 92.0 cm³/mol. The molecule has 2 fully saturated rings. The maximum absolute atomic E-state index is 12.6. The average Bonchev–Trinajstić information content (AvgIpc) is 3.46. The Labute approximate surface area is 142 Å². The van der Waals surface area contributed by atoms with Gasteiger partial charge in [-0.1, -0.05) is 6.07 Å². The number of methoxy groups -OCH3 is 1. The van der Waals surface area contributed by atoms with Crippen LogP contribution in [0.4, 0.5) is 5.69 Å². The zero-order valence-electron chi connectivity index (χ0n) is 14.3. The first kappa shape index (κ1) is 16.6. The third kappa shape index (κ3) is 3.32. The number of hydrogen-bond donors (Lipinski definition) is 2. The summed E-state index contributed by atoms with van der Waals surface area (Å²) in [4.78, 5) is 26.7. The number of likely N-dealkylation sites (tertiary alicyclic amines) is 1. The van der Waals surface area contributed by atoms with Crippen LogP contribution < -0.4 is 15.4 Å². The number of benzene rings is 1. The molecule has 2 aliphatic rings. The summed E-state index contributed by atoms with van der Waals surface area (Å²) in [6, 6.07) is 7.57. The van der Waals surface area contributed by atoms with Crippen molar-refractivity contribution in [2.75, 3.05) is 32.6 Å². The Bertz CT molecular complexity index is 620. The van der Waals surface area contributed by atoms with Crippen LogP contribution in [-0.2, 0) is 9.59 Å². The third-order valence-corrected chi connectivity index (χ3v) is 4.97. The number of anilines is 1. The van der Waals surface area contributed by atoms with Crippen molar-refractivity contribution in [3.05, 3.63) is 24.3 Å². The Balaban J connectivity index is 1.74. The van der Waals surface area contributed by atoms with E-state index in [4.69, 9.17) is 4.74 Å². The van der Waals surface area contributed by atoms with Crippen LogP contribution in [0, 0.1) is 5.92 Å². The highest BCUT2D eigenvalue weighted by atomic mass is 16.5. The van der Waals surface area contributed by atoms with Gasteiger partial charge in [-0.25, -0.2) is 0 Å². The Morgan fingerprint density at radius 3 is 2.54 bits per heavy atom. The van der Waals surface area contributed by atoms with Crippen LogP contribution in [0.25, 0.3) is 0 Å². The Morgan fingerprint density at radius 2 is 1.96 bits per heavy atom. The molecule has 0 bridgehead atoms. The van der Waals surface area contributed by atoms with Crippen molar-refractivity contribution < 1.29 is 14.3 Å². The number of nitrogens with one attached hydrogen (secondary N) is 2. The smallest absolute Gasteiger partial charge is 0.245 e. The summed E-state index contributed by atoms with van der Waals surface area (Å²) in [6.45, 7) is 1.22. The summed E-state index contributed by atoms with van der Waals surface area (Å²) >= 11 is 0. The van der Waals surface area contributed by atoms with E-state index >= 15 is 0 Å². The molecule has 1 heterocycles. The molecule has 1 saturated heterocycles. The standard InChI is InChI=1S/C18H25N3O3/c1-19-17(23)18(20-14-4-3-5-15(12-14)24-2)8-10-21(11-9-18)16(22)13-6-7-13/h3-5,12-13,20H,6-11H2,1-2H3,(H,19,23). The van der Waals surface area contributed by atoms with Gasteiger partial charge in [-0.2, -0.15) is 0 Å². The van der Waals surface area contributed by atoms with Gasteiger partial charge in [0.1, 0.15) is 11.3 Å². The molecule has 1 aromatic rings. The first-order valence-electron chi connectivity index (χ1n) is 8.51. The van der Waals surface area contributed by atoms with Crippen LogP contribution >= 0.6 is 0 Å². The van der Waals surface area contributed by atoms with Gasteiger partial charge in [-0.05, 0) is 37.8 Å². The van der Waals surface area contributed by atoms with Gasteiger partial charge in [0.15, 0.2) is 0 Å². The lowest BCUT2D eigenvalue weighted by atomic mass is 9.85. The molecular formula is C18H25N3O3. The van der Waals surface area contributed by atoms with Crippen LogP contribution in [0.2, 0.25) is 0 Å². The zero-order valence-corrected chi connectivity index (χ0v) is 14.3. The number of nitrogens with zero attached hydrogens (tertiary/aromatic N) is 1. The lowest BCUT2D eigenvalue weighted by molar-refractivity contribution is -0.136. The molecule has 1 saturated carbocycles. The average molecular weight is 331 g/mol. The monoisotopic (exact) mass is 331 g/mol. The summed E-state index contributed by atoms with van der Waals surface area (Å²) in [5.41, 5.74) is 0.154. The zero-order chi connectivity index (χ0) is 17.2. The van der Waals surface area contributed by atoms with Crippen molar-refractivity contribution in [3.63, 3.8) is 0 Å². The third-order valence-electron chi connectivity index (χ3n) is 4.97. The SMILES string of the molecule is CNC(=O)C1(Nc2cccc(OC)c2)CCN(C(=O)C2CC2)CC1. The first-order chi connectivity index (χ1) is 11.6. The molecule has 6 nitrogen and oxygen atoms in total.